The number of rotatable bonds is 7. The summed E-state index contributed by atoms with van der Waals surface area (Å²) in [5.41, 5.74) is 5.13. The highest BCUT2D eigenvalue weighted by atomic mass is 31.2. The molecule has 0 aromatic carbocycles. The molecular weight excluding hydrogens is 267 g/mol. The van der Waals surface area contributed by atoms with Gasteiger partial charge in [-0.2, -0.15) is 4.99 Å². The fourth-order valence-electron chi connectivity index (χ4n) is 0.804. The van der Waals surface area contributed by atoms with Crippen LogP contribution in [0.1, 0.15) is 0 Å². The van der Waals surface area contributed by atoms with Crippen molar-refractivity contribution in [2.45, 2.75) is 6.10 Å². The summed E-state index contributed by atoms with van der Waals surface area (Å²) < 4.78 is 4.87. The summed E-state index contributed by atoms with van der Waals surface area (Å²) in [6.07, 6.45) is -0.956. The van der Waals surface area contributed by atoms with E-state index in [0.29, 0.717) is 0 Å². The van der Waals surface area contributed by atoms with Gasteiger partial charge >= 0.3 is 6.03 Å². The predicted octanol–water partition coefficient (Wildman–Crippen LogP) is -2.61. The highest BCUT2D eigenvalue weighted by molar-refractivity contribution is 7.44. The van der Waals surface area contributed by atoms with Crippen molar-refractivity contribution >= 4 is 26.8 Å². The second kappa shape index (κ2) is 9.68. The molecule has 0 radical (unpaired) electrons. The predicted molar refractivity (Wildman–Crippen MR) is 62.4 cm³/mol. The lowest BCUT2D eigenvalue weighted by Crippen LogP contribution is -2.46. The summed E-state index contributed by atoms with van der Waals surface area (Å²) in [4.78, 5) is 41.3. The number of aliphatic hydroxyl groups is 1. The zero-order valence-corrected chi connectivity index (χ0v) is 10.2. The summed E-state index contributed by atoms with van der Waals surface area (Å²) in [6.45, 7) is -0.499. The van der Waals surface area contributed by atoms with Crippen LogP contribution in [0.15, 0.2) is 4.99 Å². The van der Waals surface area contributed by atoms with E-state index in [9.17, 15) is 9.59 Å². The van der Waals surface area contributed by atoms with Crippen molar-refractivity contribution in [2.24, 2.45) is 10.7 Å². The van der Waals surface area contributed by atoms with Crippen molar-refractivity contribution in [1.82, 2.24) is 10.6 Å². The van der Waals surface area contributed by atoms with Gasteiger partial charge in [-0.3, -0.25) is 10.1 Å². The molecule has 0 aliphatic carbocycles. The van der Waals surface area contributed by atoms with Gasteiger partial charge < -0.3 is 30.7 Å². The fourth-order valence-corrected chi connectivity index (χ4v) is 1.15. The van der Waals surface area contributed by atoms with Crippen LogP contribution in [-0.2, 0) is 9.53 Å². The van der Waals surface area contributed by atoms with Gasteiger partial charge in [0.05, 0.1) is 12.7 Å². The molecule has 10 nitrogen and oxygen atoms in total. The third-order valence-corrected chi connectivity index (χ3v) is 1.93. The number of amides is 3. The molecule has 0 aromatic heterocycles. The minimum atomic E-state index is -2.22. The Kier molecular flexibility index (Phi) is 8.97. The van der Waals surface area contributed by atoms with Crippen LogP contribution in [0.25, 0.3) is 0 Å². The van der Waals surface area contributed by atoms with E-state index >= 15 is 0 Å². The molecule has 0 aliphatic heterocycles. The molecule has 0 unspecified atom stereocenters. The zero-order chi connectivity index (χ0) is 14.0. The lowest BCUT2D eigenvalue weighted by Gasteiger charge is -2.16. The van der Waals surface area contributed by atoms with E-state index in [-0.39, 0.29) is 25.3 Å². The van der Waals surface area contributed by atoms with Crippen molar-refractivity contribution in [3.63, 3.8) is 0 Å². The van der Waals surface area contributed by atoms with E-state index in [1.807, 2.05) is 5.32 Å². The lowest BCUT2D eigenvalue weighted by atomic mass is 10.4. The van der Waals surface area contributed by atoms with E-state index < -0.39 is 27.1 Å². The van der Waals surface area contributed by atoms with Crippen LogP contribution in [0.3, 0.4) is 0 Å². The number of hydrogen-bond acceptors (Lipinski definition) is 6. The molecule has 3 amide bonds. The number of hydrogen-bond donors (Lipinski definition) is 6. The molecule has 0 heterocycles. The summed E-state index contributed by atoms with van der Waals surface area (Å²) in [6, 6.07) is -0.740. The van der Waals surface area contributed by atoms with Crippen molar-refractivity contribution in [3.8, 4) is 0 Å². The van der Waals surface area contributed by atoms with Crippen LogP contribution in [0.4, 0.5) is 4.79 Å². The molecular formula is C7H15N4O6P. The maximum Gasteiger partial charge on any atom is 0.321 e. The Labute approximate surface area is 104 Å². The van der Waals surface area contributed by atoms with Crippen LogP contribution in [-0.4, -0.2) is 58.9 Å². The molecule has 0 aliphatic rings. The normalized spacial score (nSPS) is 13.2. The summed E-state index contributed by atoms with van der Waals surface area (Å²) in [5.74, 6) is -0.377. The quantitative estimate of drug-likeness (QED) is 0.129. The summed E-state index contributed by atoms with van der Waals surface area (Å²) in [7, 11) is -2.22. The van der Waals surface area contributed by atoms with Crippen LogP contribution in [0.2, 0.25) is 0 Å². The first kappa shape index (κ1) is 16.7. The van der Waals surface area contributed by atoms with Gasteiger partial charge in [0.15, 0.2) is 8.38 Å². The fraction of sp³-hybridized carbons (Fsp3) is 0.571. The lowest BCUT2D eigenvalue weighted by molar-refractivity contribution is -0.106. The van der Waals surface area contributed by atoms with Crippen molar-refractivity contribution in [2.75, 3.05) is 19.5 Å². The van der Waals surface area contributed by atoms with Crippen LogP contribution >= 0.6 is 8.38 Å². The second-order valence-electron chi connectivity index (χ2n) is 2.93. The van der Waals surface area contributed by atoms with Crippen molar-refractivity contribution in [1.29, 1.82) is 0 Å². The number of nitrogens with one attached hydrogen (secondary N) is 2. The monoisotopic (exact) mass is 282 g/mol. The first-order valence-electron chi connectivity index (χ1n) is 4.69. The molecule has 0 aromatic rings. The first-order valence-corrected chi connectivity index (χ1v) is 6.12. The Bertz CT molecular complexity index is 300. The minimum Gasteiger partial charge on any atom is -0.394 e. The largest absolute Gasteiger partial charge is 0.394 e. The topological polar surface area (TPSA) is 166 Å². The maximum absolute atomic E-state index is 11.2. The average Bonchev–Trinajstić information content (AvgIpc) is 2.29. The van der Waals surface area contributed by atoms with E-state index in [1.54, 1.807) is 0 Å². The van der Waals surface area contributed by atoms with Crippen molar-refractivity contribution < 1.29 is 29.2 Å². The minimum absolute atomic E-state index is 0.0835. The van der Waals surface area contributed by atoms with Gasteiger partial charge in [-0.1, -0.05) is 0 Å². The Morgan fingerprint density at radius 2 is 2.22 bits per heavy atom. The standard InChI is InChI=1S/C7H15N4O6P/c8-6(10-3-13)11-7(14)9-1-5(2-12)17-4-18(15)16/h3,5,12,15-16H,1-2,4H2,(H4,8,9,10,11,13,14)/t5-/m0/s1. The molecule has 1 atom stereocenters. The van der Waals surface area contributed by atoms with Crippen LogP contribution in [0.5, 0.6) is 0 Å². The van der Waals surface area contributed by atoms with Crippen LogP contribution in [0, 0.1) is 0 Å². The molecule has 18 heavy (non-hydrogen) atoms. The summed E-state index contributed by atoms with van der Waals surface area (Å²) in [5, 5.41) is 13.2. The maximum atomic E-state index is 11.2. The second-order valence-corrected chi connectivity index (χ2v) is 3.93. The highest BCUT2D eigenvalue weighted by Gasteiger charge is 2.12. The Balaban J connectivity index is 3.93. The van der Waals surface area contributed by atoms with Gasteiger partial charge in [0.2, 0.25) is 12.4 Å². The molecule has 0 spiro atoms. The number of nitrogens with two attached hydrogens (primary N) is 1. The van der Waals surface area contributed by atoms with E-state index in [4.69, 9.17) is 25.4 Å². The molecule has 0 bridgehead atoms. The number of urea groups is 1. The molecule has 104 valence electrons. The third kappa shape index (κ3) is 8.79. The highest BCUT2D eigenvalue weighted by Crippen LogP contribution is 2.22. The average molecular weight is 282 g/mol. The van der Waals surface area contributed by atoms with E-state index in [1.165, 1.54) is 0 Å². The van der Waals surface area contributed by atoms with Crippen molar-refractivity contribution in [3.05, 3.63) is 0 Å². The first-order chi connectivity index (χ1) is 8.49. The number of ether oxygens (including phenoxy) is 1. The number of guanidine groups is 1. The molecule has 0 saturated carbocycles. The smallest absolute Gasteiger partial charge is 0.321 e. The molecule has 11 heteroatoms. The third-order valence-electron chi connectivity index (χ3n) is 1.55. The Morgan fingerprint density at radius 3 is 2.72 bits per heavy atom. The molecule has 0 fully saturated rings. The van der Waals surface area contributed by atoms with E-state index in [0.717, 1.165) is 0 Å². The number of aliphatic hydroxyl groups excluding tert-OH is 1. The van der Waals surface area contributed by atoms with Gasteiger partial charge in [0, 0.05) is 6.54 Å². The molecule has 0 rings (SSSR count). The number of aliphatic imine (C=N–C) groups is 1. The van der Waals surface area contributed by atoms with Crippen LogP contribution < -0.4 is 16.4 Å². The van der Waals surface area contributed by atoms with Gasteiger partial charge in [0.25, 0.3) is 0 Å². The van der Waals surface area contributed by atoms with Gasteiger partial charge in [-0.05, 0) is 0 Å². The van der Waals surface area contributed by atoms with Gasteiger partial charge in [-0.25, -0.2) is 4.79 Å². The molecule has 7 N–H and O–H groups in total. The Morgan fingerprint density at radius 1 is 1.56 bits per heavy atom. The van der Waals surface area contributed by atoms with E-state index in [2.05, 4.69) is 10.3 Å². The number of carbonyl (C=O) groups excluding carboxylic acids is 2. The number of carbonyl (C=O) groups is 2. The van der Waals surface area contributed by atoms with Gasteiger partial charge in [-0.15, -0.1) is 0 Å². The summed E-state index contributed by atoms with van der Waals surface area (Å²) >= 11 is 0. The Hall–Kier alpha value is -1.32. The molecule has 0 saturated heterocycles. The SMILES string of the molecule is N/C(=N/C=O)NC(=O)NC[C@@H](CO)OCP(O)O. The van der Waals surface area contributed by atoms with Gasteiger partial charge in [0.1, 0.15) is 6.35 Å². The number of nitrogens with zero attached hydrogens (tertiary/aromatic N) is 1. The zero-order valence-electron chi connectivity index (χ0n) is 9.31.